The Hall–Kier alpha value is -5.18. The largest absolute Gasteiger partial charge is 0.454 e. The van der Waals surface area contributed by atoms with E-state index in [1.807, 2.05) is 12.2 Å². The molecule has 0 aromatic heterocycles. The van der Waals surface area contributed by atoms with Gasteiger partial charge in [0, 0.05) is 11.1 Å². The lowest BCUT2D eigenvalue weighted by atomic mass is 9.85. The van der Waals surface area contributed by atoms with E-state index < -0.39 is 60.4 Å². The molecule has 1 saturated heterocycles. The van der Waals surface area contributed by atoms with Crippen LogP contribution in [0.3, 0.4) is 0 Å². The summed E-state index contributed by atoms with van der Waals surface area (Å²) in [4.78, 5) is 78.3. The first-order valence-electron chi connectivity index (χ1n) is 13.0. The van der Waals surface area contributed by atoms with Gasteiger partial charge in [0.15, 0.2) is 24.8 Å². The Balaban J connectivity index is 1.40. The van der Waals surface area contributed by atoms with Gasteiger partial charge in [0.05, 0.1) is 28.7 Å². The number of allylic oxidation sites excluding steroid dienone is 2. The van der Waals surface area contributed by atoms with Crippen LogP contribution in [-0.2, 0) is 19.1 Å². The summed E-state index contributed by atoms with van der Waals surface area (Å²) in [5, 5.41) is 0. The first kappa shape index (κ1) is 27.4. The predicted octanol–water partition coefficient (Wildman–Crippen LogP) is 4.22. The number of esters is 2. The fraction of sp³-hybridized carbons (Fsp3) is 0.188. The highest BCUT2D eigenvalue weighted by Crippen LogP contribution is 2.38. The number of hydrogen-bond donors (Lipinski definition) is 0. The van der Waals surface area contributed by atoms with Crippen LogP contribution in [0.4, 0.5) is 5.69 Å². The SMILES string of the molecule is O=C(COC(=O)c1cc(C(=O)OCC(=O)c2ccccc2)cc(N2C(=O)[C@H]3CC=CC[C@H]3C2=O)c1)c1ccccc1. The van der Waals surface area contributed by atoms with Crippen molar-refractivity contribution in [3.63, 3.8) is 0 Å². The summed E-state index contributed by atoms with van der Waals surface area (Å²) in [6.07, 6.45) is 4.51. The number of anilines is 1. The normalized spacial score (nSPS) is 17.6. The van der Waals surface area contributed by atoms with E-state index in [9.17, 15) is 28.8 Å². The van der Waals surface area contributed by atoms with Gasteiger partial charge in [-0.05, 0) is 31.0 Å². The number of ether oxygens (including phenoxy) is 2. The number of rotatable bonds is 9. The molecule has 9 heteroatoms. The molecule has 5 rings (SSSR count). The van der Waals surface area contributed by atoms with E-state index in [0.717, 1.165) is 4.90 Å². The smallest absolute Gasteiger partial charge is 0.338 e. The molecule has 0 spiro atoms. The van der Waals surface area contributed by atoms with Gasteiger partial charge in [-0.25, -0.2) is 14.5 Å². The molecule has 0 N–H and O–H groups in total. The van der Waals surface area contributed by atoms with Gasteiger partial charge in [0.1, 0.15) is 0 Å². The molecule has 1 heterocycles. The molecule has 1 fully saturated rings. The van der Waals surface area contributed by atoms with Crippen molar-refractivity contribution in [3.8, 4) is 0 Å². The van der Waals surface area contributed by atoms with Crippen LogP contribution < -0.4 is 4.90 Å². The maximum Gasteiger partial charge on any atom is 0.338 e. The Kier molecular flexibility index (Phi) is 7.96. The molecule has 0 saturated carbocycles. The van der Waals surface area contributed by atoms with Crippen molar-refractivity contribution in [1.82, 2.24) is 0 Å². The molecular weight excluding hydrogens is 526 g/mol. The molecule has 3 aromatic rings. The zero-order valence-electron chi connectivity index (χ0n) is 21.9. The van der Waals surface area contributed by atoms with E-state index in [1.54, 1.807) is 60.7 Å². The second-order valence-corrected chi connectivity index (χ2v) is 9.67. The molecule has 1 aliphatic carbocycles. The van der Waals surface area contributed by atoms with E-state index in [1.165, 1.54) is 18.2 Å². The summed E-state index contributed by atoms with van der Waals surface area (Å²) >= 11 is 0. The Morgan fingerprint density at radius 1 is 0.610 bits per heavy atom. The summed E-state index contributed by atoms with van der Waals surface area (Å²) in [7, 11) is 0. The highest BCUT2D eigenvalue weighted by molar-refractivity contribution is 6.22. The molecule has 2 aliphatic rings. The lowest BCUT2D eigenvalue weighted by Crippen LogP contribution is -2.31. The number of carbonyl (C=O) groups is 6. The lowest BCUT2D eigenvalue weighted by molar-refractivity contribution is -0.122. The van der Waals surface area contributed by atoms with E-state index in [2.05, 4.69) is 0 Å². The van der Waals surface area contributed by atoms with Crippen molar-refractivity contribution in [3.05, 3.63) is 113 Å². The second kappa shape index (κ2) is 11.9. The fourth-order valence-corrected chi connectivity index (χ4v) is 4.87. The maximum atomic E-state index is 13.2. The zero-order chi connectivity index (χ0) is 28.9. The third-order valence-corrected chi connectivity index (χ3v) is 7.02. The standard InChI is InChI=1S/C32H25NO8/c34-27(20-9-3-1-4-10-20)18-40-31(38)22-15-23(32(39)41-19-28(35)21-11-5-2-6-12-21)17-24(16-22)33-29(36)25-13-7-8-14-26(25)30(33)37/h1-12,15-17,25-26H,13-14,18-19H2/t25-,26+. The molecule has 41 heavy (non-hydrogen) atoms. The minimum absolute atomic E-state index is 0.000396. The van der Waals surface area contributed by atoms with E-state index in [-0.39, 0.29) is 16.8 Å². The van der Waals surface area contributed by atoms with Gasteiger partial charge in [0.25, 0.3) is 0 Å². The third kappa shape index (κ3) is 5.89. The molecule has 0 bridgehead atoms. The highest BCUT2D eigenvalue weighted by atomic mass is 16.5. The van der Waals surface area contributed by atoms with Crippen molar-refractivity contribution >= 4 is 41.0 Å². The van der Waals surface area contributed by atoms with Gasteiger partial charge >= 0.3 is 11.9 Å². The minimum Gasteiger partial charge on any atom is -0.454 e. The van der Waals surface area contributed by atoms with Crippen molar-refractivity contribution in [2.45, 2.75) is 12.8 Å². The van der Waals surface area contributed by atoms with Crippen LogP contribution in [-0.4, -0.2) is 48.5 Å². The quantitative estimate of drug-likeness (QED) is 0.168. The number of fused-ring (bicyclic) bond motifs is 1. The Morgan fingerprint density at radius 3 is 1.44 bits per heavy atom. The number of Topliss-reactive ketones (excluding diaryl/α,β-unsaturated/α-hetero) is 2. The zero-order valence-corrected chi connectivity index (χ0v) is 21.9. The number of amides is 2. The van der Waals surface area contributed by atoms with Crippen molar-refractivity contribution in [1.29, 1.82) is 0 Å². The van der Waals surface area contributed by atoms with Crippen molar-refractivity contribution < 1.29 is 38.2 Å². The number of imide groups is 1. The van der Waals surface area contributed by atoms with Crippen LogP contribution in [0.1, 0.15) is 54.3 Å². The molecular formula is C32H25NO8. The first-order valence-corrected chi connectivity index (χ1v) is 13.0. The van der Waals surface area contributed by atoms with Gasteiger partial charge in [-0.15, -0.1) is 0 Å². The molecule has 0 unspecified atom stereocenters. The van der Waals surface area contributed by atoms with Crippen LogP contribution in [0.15, 0.2) is 91.0 Å². The monoisotopic (exact) mass is 551 g/mol. The van der Waals surface area contributed by atoms with Crippen molar-refractivity contribution in [2.24, 2.45) is 11.8 Å². The second-order valence-electron chi connectivity index (χ2n) is 9.67. The Bertz CT molecular complexity index is 1450. The third-order valence-electron chi connectivity index (χ3n) is 7.02. The molecule has 0 radical (unpaired) electrons. The number of hydrogen-bond acceptors (Lipinski definition) is 8. The molecule has 9 nitrogen and oxygen atoms in total. The average molecular weight is 552 g/mol. The van der Waals surface area contributed by atoms with Crippen LogP contribution in [0.5, 0.6) is 0 Å². The molecule has 206 valence electrons. The summed E-state index contributed by atoms with van der Waals surface area (Å²) in [5.41, 5.74) is 0.368. The summed E-state index contributed by atoms with van der Waals surface area (Å²) in [6.45, 7) is -1.12. The van der Waals surface area contributed by atoms with E-state index >= 15 is 0 Å². The van der Waals surface area contributed by atoms with E-state index in [4.69, 9.17) is 9.47 Å². The summed E-state index contributed by atoms with van der Waals surface area (Å²) in [5.74, 6) is -4.70. The van der Waals surface area contributed by atoms with Gasteiger partial charge in [0.2, 0.25) is 11.8 Å². The average Bonchev–Trinajstić information content (AvgIpc) is 3.28. The molecule has 3 aromatic carbocycles. The number of ketones is 2. The topological polar surface area (TPSA) is 124 Å². The number of nitrogens with zero attached hydrogens (tertiary/aromatic N) is 1. The maximum absolute atomic E-state index is 13.2. The molecule has 1 aliphatic heterocycles. The number of benzene rings is 3. The fourth-order valence-electron chi connectivity index (χ4n) is 4.87. The predicted molar refractivity (Wildman–Crippen MR) is 146 cm³/mol. The van der Waals surface area contributed by atoms with Crippen LogP contribution >= 0.6 is 0 Å². The first-order chi connectivity index (χ1) is 19.8. The van der Waals surface area contributed by atoms with Crippen LogP contribution in [0.25, 0.3) is 0 Å². The summed E-state index contributed by atoms with van der Waals surface area (Å²) < 4.78 is 10.4. The van der Waals surface area contributed by atoms with Crippen molar-refractivity contribution in [2.75, 3.05) is 18.1 Å². The minimum atomic E-state index is -0.941. The van der Waals surface area contributed by atoms with Gasteiger partial charge in [-0.2, -0.15) is 0 Å². The van der Waals surface area contributed by atoms with Gasteiger partial charge in [-0.3, -0.25) is 19.2 Å². The van der Waals surface area contributed by atoms with Gasteiger partial charge in [-0.1, -0.05) is 72.8 Å². The van der Waals surface area contributed by atoms with Crippen LogP contribution in [0, 0.1) is 11.8 Å². The van der Waals surface area contributed by atoms with Crippen LogP contribution in [0.2, 0.25) is 0 Å². The molecule has 2 amide bonds. The number of carbonyl (C=O) groups excluding carboxylic acids is 6. The highest BCUT2D eigenvalue weighted by Gasteiger charge is 2.48. The van der Waals surface area contributed by atoms with E-state index in [0.29, 0.717) is 24.0 Å². The summed E-state index contributed by atoms with van der Waals surface area (Å²) in [6, 6.07) is 20.2. The Morgan fingerprint density at radius 2 is 1.02 bits per heavy atom. The lowest BCUT2D eigenvalue weighted by Gasteiger charge is -2.17. The molecule has 2 atom stereocenters. The Labute approximate surface area is 235 Å². The van der Waals surface area contributed by atoms with Gasteiger partial charge < -0.3 is 9.47 Å².